The molecule has 0 radical (unpaired) electrons. The summed E-state index contributed by atoms with van der Waals surface area (Å²) in [6, 6.07) is 5.70. The topological polar surface area (TPSA) is 46.5 Å². The highest BCUT2D eigenvalue weighted by Gasteiger charge is 2.20. The number of aromatic carboxylic acids is 1. The Morgan fingerprint density at radius 3 is 2.61 bits per heavy atom. The van der Waals surface area contributed by atoms with E-state index in [1.807, 2.05) is 24.5 Å². The van der Waals surface area contributed by atoms with Crippen molar-refractivity contribution in [3.8, 4) is 0 Å². The molecule has 1 fully saturated rings. The van der Waals surface area contributed by atoms with Crippen LogP contribution in [0.4, 0.5) is 0 Å². The van der Waals surface area contributed by atoms with Gasteiger partial charge in [0.2, 0.25) is 0 Å². The van der Waals surface area contributed by atoms with Crippen molar-refractivity contribution in [1.82, 2.24) is 0 Å². The third-order valence-corrected chi connectivity index (χ3v) is 5.06. The Kier molecular flexibility index (Phi) is 4.97. The van der Waals surface area contributed by atoms with Crippen LogP contribution < -0.4 is 0 Å². The fraction of sp³-hybridized carbons (Fsp3) is 0.462. The maximum Gasteiger partial charge on any atom is 0.337 e. The summed E-state index contributed by atoms with van der Waals surface area (Å²) in [5, 5.41) is 9.82. The molecule has 0 unspecified atom stereocenters. The second-order valence-corrected chi connectivity index (χ2v) is 6.26. The minimum atomic E-state index is -0.838. The van der Waals surface area contributed by atoms with Crippen LogP contribution in [0, 0.1) is 0 Å². The van der Waals surface area contributed by atoms with E-state index < -0.39 is 5.97 Å². The zero-order valence-corrected chi connectivity index (χ0v) is 11.9. The summed E-state index contributed by atoms with van der Waals surface area (Å²) in [4.78, 5) is 13.1. The van der Waals surface area contributed by atoms with Gasteiger partial charge >= 0.3 is 5.97 Å². The Balaban J connectivity index is 2.23. The minimum absolute atomic E-state index is 0.446. The number of rotatable bonds is 4. The maximum absolute atomic E-state index is 11.4. The minimum Gasteiger partial charge on any atom is -0.478 e. The van der Waals surface area contributed by atoms with Crippen LogP contribution in [0.25, 0.3) is 0 Å². The van der Waals surface area contributed by atoms with E-state index in [1.165, 1.54) is 11.8 Å². The molecule has 2 rings (SSSR count). The van der Waals surface area contributed by atoms with E-state index >= 15 is 0 Å². The summed E-state index contributed by atoms with van der Waals surface area (Å²) in [6.45, 7) is 1.56. The first-order valence-corrected chi connectivity index (χ1v) is 7.97. The number of ether oxygens (including phenoxy) is 1. The molecule has 0 bridgehead atoms. The van der Waals surface area contributed by atoms with Crippen LogP contribution in [0.2, 0.25) is 0 Å². The van der Waals surface area contributed by atoms with Crippen molar-refractivity contribution in [3.63, 3.8) is 0 Å². The number of benzene rings is 1. The standard InChI is InChI=1S/C13H16O3S2/c1-17-10-3-2-4-11(12(10)13(14)15)18-9-5-7-16-8-6-9/h2-4,9H,5-8H2,1H3,(H,14,15). The van der Waals surface area contributed by atoms with Gasteiger partial charge in [-0.3, -0.25) is 0 Å². The van der Waals surface area contributed by atoms with Crippen molar-refractivity contribution < 1.29 is 14.6 Å². The van der Waals surface area contributed by atoms with Gasteiger partial charge in [-0.15, -0.1) is 23.5 Å². The number of thioether (sulfide) groups is 2. The average Bonchev–Trinajstić information content (AvgIpc) is 2.39. The highest BCUT2D eigenvalue weighted by Crippen LogP contribution is 2.35. The molecule has 3 nitrogen and oxygen atoms in total. The molecule has 0 atom stereocenters. The molecular formula is C13H16O3S2. The molecule has 0 aliphatic carbocycles. The molecule has 1 N–H and O–H groups in total. The SMILES string of the molecule is CSc1cccc(SC2CCOCC2)c1C(=O)O. The van der Waals surface area contributed by atoms with E-state index in [1.54, 1.807) is 11.8 Å². The van der Waals surface area contributed by atoms with Crippen molar-refractivity contribution in [1.29, 1.82) is 0 Å². The molecule has 0 amide bonds. The van der Waals surface area contributed by atoms with Gasteiger partial charge in [-0.1, -0.05) is 6.07 Å². The highest BCUT2D eigenvalue weighted by atomic mass is 32.2. The largest absolute Gasteiger partial charge is 0.478 e. The van der Waals surface area contributed by atoms with E-state index in [9.17, 15) is 9.90 Å². The van der Waals surface area contributed by atoms with Crippen molar-refractivity contribution in [2.45, 2.75) is 27.9 Å². The monoisotopic (exact) mass is 284 g/mol. The predicted octanol–water partition coefficient (Wildman–Crippen LogP) is 3.38. The quantitative estimate of drug-likeness (QED) is 0.859. The molecular weight excluding hydrogens is 268 g/mol. The third-order valence-electron chi connectivity index (χ3n) is 2.88. The maximum atomic E-state index is 11.4. The first-order valence-electron chi connectivity index (χ1n) is 5.87. The summed E-state index contributed by atoms with van der Waals surface area (Å²) < 4.78 is 5.33. The Hall–Kier alpha value is -0.650. The fourth-order valence-electron chi connectivity index (χ4n) is 1.96. The molecule has 0 spiro atoms. The summed E-state index contributed by atoms with van der Waals surface area (Å²) in [5.74, 6) is -0.838. The molecule has 1 saturated heterocycles. The van der Waals surface area contributed by atoms with E-state index in [0.29, 0.717) is 10.8 Å². The lowest BCUT2D eigenvalue weighted by atomic mass is 10.2. The molecule has 98 valence electrons. The van der Waals surface area contributed by atoms with Crippen LogP contribution in [0.3, 0.4) is 0 Å². The molecule has 1 aromatic carbocycles. The van der Waals surface area contributed by atoms with Gasteiger partial charge in [0.05, 0.1) is 5.56 Å². The van der Waals surface area contributed by atoms with E-state index in [0.717, 1.165) is 35.8 Å². The number of carboxylic acid groups (broad SMARTS) is 1. The number of carbonyl (C=O) groups is 1. The second-order valence-electron chi connectivity index (χ2n) is 4.07. The van der Waals surface area contributed by atoms with Crippen molar-refractivity contribution >= 4 is 29.5 Å². The normalized spacial score (nSPS) is 16.7. The Morgan fingerprint density at radius 2 is 2.00 bits per heavy atom. The summed E-state index contributed by atoms with van der Waals surface area (Å²) in [7, 11) is 0. The summed E-state index contributed by atoms with van der Waals surface area (Å²) in [6.07, 6.45) is 3.89. The van der Waals surface area contributed by atoms with Gasteiger partial charge in [-0.2, -0.15) is 0 Å². The van der Waals surface area contributed by atoms with Crippen LogP contribution in [0.1, 0.15) is 23.2 Å². The average molecular weight is 284 g/mol. The Labute approximate surface area is 115 Å². The van der Waals surface area contributed by atoms with Crippen LogP contribution in [-0.4, -0.2) is 35.8 Å². The third kappa shape index (κ3) is 3.22. The first-order chi connectivity index (χ1) is 8.72. The van der Waals surface area contributed by atoms with Crippen molar-refractivity contribution in [2.75, 3.05) is 19.5 Å². The Bertz CT molecular complexity index is 428. The highest BCUT2D eigenvalue weighted by molar-refractivity contribution is 8.00. The molecule has 0 saturated carbocycles. The van der Waals surface area contributed by atoms with Gasteiger partial charge in [0.1, 0.15) is 0 Å². The first kappa shape index (κ1) is 13.8. The van der Waals surface area contributed by atoms with E-state index in [2.05, 4.69) is 0 Å². The van der Waals surface area contributed by atoms with Crippen LogP contribution in [0.15, 0.2) is 28.0 Å². The van der Waals surface area contributed by atoms with Gasteiger partial charge in [-0.05, 0) is 31.2 Å². The van der Waals surface area contributed by atoms with Gasteiger partial charge in [-0.25, -0.2) is 4.79 Å². The van der Waals surface area contributed by atoms with Crippen molar-refractivity contribution in [3.05, 3.63) is 23.8 Å². The molecule has 1 aliphatic heterocycles. The van der Waals surface area contributed by atoms with E-state index in [-0.39, 0.29) is 0 Å². The lowest BCUT2D eigenvalue weighted by Gasteiger charge is -2.22. The predicted molar refractivity (Wildman–Crippen MR) is 74.9 cm³/mol. The lowest BCUT2D eigenvalue weighted by Crippen LogP contribution is -2.17. The molecule has 18 heavy (non-hydrogen) atoms. The fourth-order valence-corrected chi connectivity index (χ4v) is 3.90. The van der Waals surface area contributed by atoms with Crippen LogP contribution >= 0.6 is 23.5 Å². The van der Waals surface area contributed by atoms with Gasteiger partial charge in [0.25, 0.3) is 0 Å². The van der Waals surface area contributed by atoms with Gasteiger partial charge in [0, 0.05) is 28.3 Å². The number of hydrogen-bond acceptors (Lipinski definition) is 4. The molecule has 1 aliphatic rings. The molecule has 0 aromatic heterocycles. The molecule has 5 heteroatoms. The zero-order valence-electron chi connectivity index (χ0n) is 10.2. The number of carboxylic acids is 1. The molecule has 1 aromatic rings. The lowest BCUT2D eigenvalue weighted by molar-refractivity contribution is 0.0689. The van der Waals surface area contributed by atoms with Crippen LogP contribution in [0.5, 0.6) is 0 Å². The zero-order chi connectivity index (χ0) is 13.0. The Morgan fingerprint density at radius 1 is 1.33 bits per heavy atom. The smallest absolute Gasteiger partial charge is 0.337 e. The molecule has 1 heterocycles. The summed E-state index contributed by atoms with van der Waals surface area (Å²) in [5.41, 5.74) is 0.446. The van der Waals surface area contributed by atoms with E-state index in [4.69, 9.17) is 4.74 Å². The summed E-state index contributed by atoms with van der Waals surface area (Å²) >= 11 is 3.16. The number of hydrogen-bond donors (Lipinski definition) is 1. The second kappa shape index (κ2) is 6.50. The van der Waals surface area contributed by atoms with Crippen molar-refractivity contribution in [2.24, 2.45) is 0 Å². The van der Waals surface area contributed by atoms with Gasteiger partial charge in [0.15, 0.2) is 0 Å². The van der Waals surface area contributed by atoms with Crippen LogP contribution in [-0.2, 0) is 4.74 Å². The van der Waals surface area contributed by atoms with Gasteiger partial charge < -0.3 is 9.84 Å².